The molecule has 0 aliphatic rings. The van der Waals surface area contributed by atoms with Gasteiger partial charge >= 0.3 is 0 Å². The van der Waals surface area contributed by atoms with Gasteiger partial charge in [0.05, 0.1) is 31.3 Å². The fraction of sp³-hybridized carbons (Fsp3) is 0.136. The molecule has 2 heterocycles. The van der Waals surface area contributed by atoms with Crippen LogP contribution in [0.3, 0.4) is 0 Å². The lowest BCUT2D eigenvalue weighted by Gasteiger charge is -2.12. The third kappa shape index (κ3) is 4.56. The Bertz CT molecular complexity index is 1160. The first kappa shape index (κ1) is 20.5. The lowest BCUT2D eigenvalue weighted by atomic mass is 10.3. The van der Waals surface area contributed by atoms with Crippen molar-refractivity contribution in [2.24, 2.45) is 0 Å². The molecule has 31 heavy (non-hydrogen) atoms. The van der Waals surface area contributed by atoms with E-state index >= 15 is 0 Å². The van der Waals surface area contributed by atoms with Crippen LogP contribution < -0.4 is 14.8 Å². The molecule has 2 aromatic heterocycles. The van der Waals surface area contributed by atoms with Crippen molar-refractivity contribution < 1.29 is 14.3 Å². The van der Waals surface area contributed by atoms with Crippen LogP contribution >= 0.6 is 11.8 Å². The van der Waals surface area contributed by atoms with Crippen molar-refractivity contribution in [2.45, 2.75) is 5.16 Å². The molecular formula is C22H21N5O3S. The number of ether oxygens (including phenoxy) is 2. The van der Waals surface area contributed by atoms with Crippen molar-refractivity contribution >= 4 is 23.4 Å². The molecule has 0 spiro atoms. The summed E-state index contributed by atoms with van der Waals surface area (Å²) in [5.74, 6) is 1.99. The minimum atomic E-state index is -0.165. The summed E-state index contributed by atoms with van der Waals surface area (Å²) in [7, 11) is 3.19. The van der Waals surface area contributed by atoms with Gasteiger partial charge in [0, 0.05) is 12.4 Å². The number of benzene rings is 2. The minimum Gasteiger partial charge on any atom is -0.497 e. The maximum atomic E-state index is 12.6. The van der Waals surface area contributed by atoms with Crippen molar-refractivity contribution in [1.82, 2.24) is 19.3 Å². The molecule has 0 fully saturated rings. The number of methoxy groups -OCH3 is 2. The van der Waals surface area contributed by atoms with Crippen molar-refractivity contribution in [3.63, 3.8) is 0 Å². The van der Waals surface area contributed by atoms with Crippen LogP contribution in [0.4, 0.5) is 5.69 Å². The largest absolute Gasteiger partial charge is 0.497 e. The highest BCUT2D eigenvalue weighted by atomic mass is 32.2. The highest BCUT2D eigenvalue weighted by molar-refractivity contribution is 7.99. The Morgan fingerprint density at radius 1 is 0.968 bits per heavy atom. The number of aromatic nitrogens is 4. The van der Waals surface area contributed by atoms with Gasteiger partial charge in [-0.3, -0.25) is 13.9 Å². The summed E-state index contributed by atoms with van der Waals surface area (Å²) in [6.07, 6.45) is 3.79. The first-order valence-electron chi connectivity index (χ1n) is 9.48. The molecule has 0 saturated carbocycles. The molecule has 0 bridgehead atoms. The van der Waals surface area contributed by atoms with E-state index in [0.29, 0.717) is 22.5 Å². The maximum absolute atomic E-state index is 12.6. The Hall–Kier alpha value is -3.72. The number of carbonyl (C=O) groups excluding carboxylic acids is 1. The summed E-state index contributed by atoms with van der Waals surface area (Å²) in [6, 6.07) is 18.7. The number of rotatable bonds is 8. The standard InChI is InChI=1S/C22H21N5O3S/c1-29-17-11-9-16(10-12-17)27-21(26-13-5-6-14-26)24-25-22(27)31-15-20(28)23-18-7-3-4-8-19(18)30-2/h3-14H,15H2,1-2H3,(H,23,28). The Labute approximate surface area is 183 Å². The highest BCUT2D eigenvalue weighted by Gasteiger charge is 2.17. The van der Waals surface area contributed by atoms with Crippen LogP contribution in [0.25, 0.3) is 11.6 Å². The van der Waals surface area contributed by atoms with Gasteiger partial charge in [0.15, 0.2) is 5.16 Å². The number of hydrogen-bond acceptors (Lipinski definition) is 6. The van der Waals surface area contributed by atoms with Gasteiger partial charge in [0.25, 0.3) is 0 Å². The zero-order valence-corrected chi connectivity index (χ0v) is 17.9. The number of nitrogens with zero attached hydrogens (tertiary/aromatic N) is 4. The Balaban J connectivity index is 1.57. The van der Waals surface area contributed by atoms with Crippen molar-refractivity contribution in [3.05, 3.63) is 73.1 Å². The van der Waals surface area contributed by atoms with Gasteiger partial charge in [0.1, 0.15) is 11.5 Å². The molecular weight excluding hydrogens is 414 g/mol. The van der Waals surface area contributed by atoms with E-state index in [-0.39, 0.29) is 11.7 Å². The van der Waals surface area contributed by atoms with E-state index < -0.39 is 0 Å². The molecule has 1 amide bonds. The second kappa shape index (κ2) is 9.40. The maximum Gasteiger partial charge on any atom is 0.240 e. The van der Waals surface area contributed by atoms with Crippen molar-refractivity contribution in [3.8, 4) is 23.1 Å². The molecule has 2 aromatic carbocycles. The van der Waals surface area contributed by atoms with E-state index in [1.54, 1.807) is 26.4 Å². The van der Waals surface area contributed by atoms with E-state index in [1.165, 1.54) is 11.8 Å². The van der Waals surface area contributed by atoms with Gasteiger partial charge in [-0.2, -0.15) is 0 Å². The summed E-state index contributed by atoms with van der Waals surface area (Å²) >= 11 is 1.30. The van der Waals surface area contributed by atoms with Crippen molar-refractivity contribution in [2.75, 3.05) is 25.3 Å². The Morgan fingerprint density at radius 2 is 1.71 bits per heavy atom. The molecule has 9 heteroatoms. The van der Waals surface area contributed by atoms with Gasteiger partial charge in [-0.05, 0) is 48.5 Å². The summed E-state index contributed by atoms with van der Waals surface area (Å²) in [5, 5.41) is 12.1. The highest BCUT2D eigenvalue weighted by Crippen LogP contribution is 2.27. The zero-order valence-electron chi connectivity index (χ0n) is 17.1. The van der Waals surface area contributed by atoms with Crippen LogP contribution in [0.2, 0.25) is 0 Å². The quantitative estimate of drug-likeness (QED) is 0.424. The Kier molecular flexibility index (Phi) is 6.23. The molecule has 8 nitrogen and oxygen atoms in total. The first-order chi connectivity index (χ1) is 15.2. The Morgan fingerprint density at radius 3 is 2.42 bits per heavy atom. The normalized spacial score (nSPS) is 10.6. The number of carbonyl (C=O) groups is 1. The number of nitrogens with one attached hydrogen (secondary N) is 1. The third-order valence-corrected chi connectivity index (χ3v) is 5.42. The summed E-state index contributed by atoms with van der Waals surface area (Å²) < 4.78 is 14.3. The van der Waals surface area contributed by atoms with Crippen LogP contribution in [0.5, 0.6) is 11.5 Å². The fourth-order valence-electron chi connectivity index (χ4n) is 3.01. The second-order valence-electron chi connectivity index (χ2n) is 6.44. The average Bonchev–Trinajstić information content (AvgIpc) is 3.48. The van der Waals surface area contributed by atoms with Crippen LogP contribution in [-0.2, 0) is 4.79 Å². The average molecular weight is 436 g/mol. The van der Waals surface area contributed by atoms with Crippen LogP contribution in [0.15, 0.2) is 78.2 Å². The summed E-state index contributed by atoms with van der Waals surface area (Å²) in [5.41, 5.74) is 1.49. The lowest BCUT2D eigenvalue weighted by Crippen LogP contribution is -2.15. The van der Waals surface area contributed by atoms with Crippen molar-refractivity contribution in [1.29, 1.82) is 0 Å². The number of amides is 1. The monoisotopic (exact) mass is 435 g/mol. The van der Waals surface area contributed by atoms with Crippen LogP contribution in [0, 0.1) is 0 Å². The molecule has 0 aliphatic heterocycles. The number of anilines is 1. The molecule has 158 valence electrons. The van der Waals surface area contributed by atoms with E-state index in [1.807, 2.05) is 70.1 Å². The summed E-state index contributed by atoms with van der Waals surface area (Å²) in [4.78, 5) is 12.6. The van der Waals surface area contributed by atoms with Crippen LogP contribution in [0.1, 0.15) is 0 Å². The molecule has 4 aromatic rings. The van der Waals surface area contributed by atoms with Gasteiger partial charge in [-0.25, -0.2) is 0 Å². The van der Waals surface area contributed by atoms with E-state index in [2.05, 4.69) is 15.5 Å². The molecule has 0 unspecified atom stereocenters. The van der Waals surface area contributed by atoms with E-state index in [4.69, 9.17) is 9.47 Å². The third-order valence-electron chi connectivity index (χ3n) is 4.50. The molecule has 1 N–H and O–H groups in total. The predicted molar refractivity (Wildman–Crippen MR) is 120 cm³/mol. The number of para-hydroxylation sites is 2. The van der Waals surface area contributed by atoms with Gasteiger partial charge < -0.3 is 14.8 Å². The first-order valence-corrected chi connectivity index (χ1v) is 10.5. The molecule has 0 atom stereocenters. The molecule has 0 aliphatic carbocycles. The molecule has 4 rings (SSSR count). The van der Waals surface area contributed by atoms with Crippen LogP contribution in [-0.4, -0.2) is 45.2 Å². The predicted octanol–water partition coefficient (Wildman–Crippen LogP) is 3.81. The zero-order chi connectivity index (χ0) is 21.6. The fourth-order valence-corrected chi connectivity index (χ4v) is 3.76. The smallest absolute Gasteiger partial charge is 0.240 e. The second-order valence-corrected chi connectivity index (χ2v) is 7.39. The SMILES string of the molecule is COc1ccc(-n2c(SCC(=O)Nc3ccccc3OC)nnc2-n2cccc2)cc1. The minimum absolute atomic E-state index is 0.165. The van der Waals surface area contributed by atoms with Gasteiger partial charge in [-0.1, -0.05) is 23.9 Å². The lowest BCUT2D eigenvalue weighted by molar-refractivity contribution is -0.113. The van der Waals surface area contributed by atoms with E-state index in [0.717, 1.165) is 11.4 Å². The van der Waals surface area contributed by atoms with Gasteiger partial charge in [0.2, 0.25) is 11.9 Å². The van der Waals surface area contributed by atoms with Gasteiger partial charge in [-0.15, -0.1) is 10.2 Å². The number of thioether (sulfide) groups is 1. The summed E-state index contributed by atoms with van der Waals surface area (Å²) in [6.45, 7) is 0. The molecule has 0 radical (unpaired) electrons. The molecule has 0 saturated heterocycles. The number of hydrogen-bond donors (Lipinski definition) is 1. The van der Waals surface area contributed by atoms with E-state index in [9.17, 15) is 4.79 Å². The topological polar surface area (TPSA) is 83.2 Å².